The molecule has 1 atom stereocenters. The van der Waals surface area contributed by atoms with Gasteiger partial charge in [-0.05, 0) is 64.4 Å². The Morgan fingerprint density at radius 2 is 2.20 bits per heavy atom. The minimum absolute atomic E-state index is 0.200. The molecule has 0 radical (unpaired) electrons. The van der Waals surface area contributed by atoms with E-state index in [1.54, 1.807) is 0 Å². The molecule has 1 unspecified atom stereocenters. The fourth-order valence-electron chi connectivity index (χ4n) is 3.22. The normalized spacial score (nSPS) is 20.9. The van der Waals surface area contributed by atoms with Crippen LogP contribution in [0.15, 0.2) is 28.2 Å². The fourth-order valence-corrected chi connectivity index (χ4v) is 4.69. The van der Waals surface area contributed by atoms with E-state index in [0.29, 0.717) is 5.41 Å². The molecule has 4 heteroatoms. The zero-order chi connectivity index (χ0) is 14.3. The summed E-state index contributed by atoms with van der Waals surface area (Å²) in [5, 5.41) is 0. The van der Waals surface area contributed by atoms with Crippen molar-refractivity contribution < 1.29 is 0 Å². The molecular formula is C16H21BrN2S. The second-order valence-electron chi connectivity index (χ2n) is 6.52. The smallest absolute Gasteiger partial charge is 0.0701 e. The van der Waals surface area contributed by atoms with E-state index in [9.17, 15) is 0 Å². The summed E-state index contributed by atoms with van der Waals surface area (Å²) in [6.45, 7) is 5.69. The van der Waals surface area contributed by atoms with Crippen molar-refractivity contribution in [3.05, 3.63) is 44.3 Å². The molecule has 1 aliphatic carbocycles. The average Bonchev–Trinajstić information content (AvgIpc) is 2.92. The third-order valence-corrected chi connectivity index (χ3v) is 5.84. The predicted molar refractivity (Wildman–Crippen MR) is 89.2 cm³/mol. The summed E-state index contributed by atoms with van der Waals surface area (Å²) in [5.41, 5.74) is 9.45. The van der Waals surface area contributed by atoms with Gasteiger partial charge in [-0.25, -0.2) is 0 Å². The van der Waals surface area contributed by atoms with Crippen molar-refractivity contribution in [2.24, 2.45) is 11.1 Å². The molecule has 0 amide bonds. The monoisotopic (exact) mass is 352 g/mol. The first-order valence-corrected chi connectivity index (χ1v) is 8.73. The van der Waals surface area contributed by atoms with Gasteiger partial charge in [0, 0.05) is 29.4 Å². The SMILES string of the molecule is CC1(C)Cc2c(ccn2CCc2ccc(Br)s2)C(N)C1. The van der Waals surface area contributed by atoms with E-state index in [1.807, 2.05) is 11.3 Å². The van der Waals surface area contributed by atoms with Gasteiger partial charge in [-0.2, -0.15) is 0 Å². The molecular weight excluding hydrogens is 332 g/mol. The third kappa shape index (κ3) is 2.87. The molecule has 20 heavy (non-hydrogen) atoms. The van der Waals surface area contributed by atoms with E-state index in [0.717, 1.165) is 25.8 Å². The van der Waals surface area contributed by atoms with Crippen molar-refractivity contribution in [2.45, 2.75) is 45.7 Å². The van der Waals surface area contributed by atoms with Crippen molar-refractivity contribution in [3.63, 3.8) is 0 Å². The molecule has 2 aromatic heterocycles. The molecule has 0 aliphatic heterocycles. The van der Waals surface area contributed by atoms with Gasteiger partial charge in [0.1, 0.15) is 0 Å². The molecule has 1 aliphatic rings. The Kier molecular flexibility index (Phi) is 3.82. The van der Waals surface area contributed by atoms with Crippen LogP contribution in [0.5, 0.6) is 0 Å². The van der Waals surface area contributed by atoms with E-state index >= 15 is 0 Å². The fraction of sp³-hybridized carbons (Fsp3) is 0.500. The van der Waals surface area contributed by atoms with Crippen molar-refractivity contribution in [1.82, 2.24) is 4.57 Å². The molecule has 3 rings (SSSR count). The summed E-state index contributed by atoms with van der Waals surface area (Å²) >= 11 is 5.35. The first-order chi connectivity index (χ1) is 9.44. The average molecular weight is 353 g/mol. The number of thiophene rings is 1. The van der Waals surface area contributed by atoms with Gasteiger partial charge in [0.2, 0.25) is 0 Å². The molecule has 0 aromatic carbocycles. The minimum atomic E-state index is 0.200. The molecule has 0 saturated heterocycles. The van der Waals surface area contributed by atoms with Crippen LogP contribution >= 0.6 is 27.3 Å². The van der Waals surface area contributed by atoms with Crippen LogP contribution in [0.3, 0.4) is 0 Å². The number of nitrogens with zero attached hydrogens (tertiary/aromatic N) is 1. The zero-order valence-electron chi connectivity index (χ0n) is 12.0. The van der Waals surface area contributed by atoms with Crippen LogP contribution in [0.2, 0.25) is 0 Å². The third-order valence-electron chi connectivity index (χ3n) is 4.16. The Morgan fingerprint density at radius 3 is 2.90 bits per heavy atom. The molecule has 2 aromatic rings. The lowest BCUT2D eigenvalue weighted by Crippen LogP contribution is -2.30. The Bertz CT molecular complexity index is 612. The van der Waals surface area contributed by atoms with Crippen molar-refractivity contribution in [3.8, 4) is 0 Å². The second kappa shape index (κ2) is 5.32. The van der Waals surface area contributed by atoms with Gasteiger partial charge in [0.05, 0.1) is 3.79 Å². The summed E-state index contributed by atoms with van der Waals surface area (Å²) in [6.07, 6.45) is 5.53. The first kappa shape index (κ1) is 14.4. The molecule has 0 spiro atoms. The Balaban J connectivity index is 1.78. The highest BCUT2D eigenvalue weighted by Crippen LogP contribution is 2.40. The number of aromatic nitrogens is 1. The number of fused-ring (bicyclic) bond motifs is 1. The number of hydrogen-bond donors (Lipinski definition) is 1. The number of nitrogens with two attached hydrogens (primary N) is 1. The summed E-state index contributed by atoms with van der Waals surface area (Å²) < 4.78 is 3.62. The number of rotatable bonds is 3. The molecule has 2 heterocycles. The van der Waals surface area contributed by atoms with Crippen LogP contribution in [0.1, 0.15) is 42.4 Å². The van der Waals surface area contributed by atoms with Gasteiger partial charge in [0.15, 0.2) is 0 Å². The summed E-state index contributed by atoms with van der Waals surface area (Å²) in [6, 6.07) is 6.76. The topological polar surface area (TPSA) is 30.9 Å². The summed E-state index contributed by atoms with van der Waals surface area (Å²) in [7, 11) is 0. The maximum atomic E-state index is 6.33. The van der Waals surface area contributed by atoms with Crippen molar-refractivity contribution in [1.29, 1.82) is 0 Å². The van der Waals surface area contributed by atoms with E-state index < -0.39 is 0 Å². The number of halogens is 1. The van der Waals surface area contributed by atoms with Gasteiger partial charge >= 0.3 is 0 Å². The highest BCUT2D eigenvalue weighted by molar-refractivity contribution is 9.11. The Labute approximate surface area is 133 Å². The maximum Gasteiger partial charge on any atom is 0.0701 e. The molecule has 2 nitrogen and oxygen atoms in total. The van der Waals surface area contributed by atoms with Crippen LogP contribution in [0.4, 0.5) is 0 Å². The lowest BCUT2D eigenvalue weighted by molar-refractivity contribution is 0.275. The van der Waals surface area contributed by atoms with Crippen LogP contribution in [0.25, 0.3) is 0 Å². The molecule has 0 bridgehead atoms. The van der Waals surface area contributed by atoms with E-state index in [1.165, 1.54) is 19.9 Å². The van der Waals surface area contributed by atoms with Gasteiger partial charge in [-0.1, -0.05) is 13.8 Å². The lowest BCUT2D eigenvalue weighted by Gasteiger charge is -2.34. The van der Waals surface area contributed by atoms with E-state index in [-0.39, 0.29) is 6.04 Å². The Morgan fingerprint density at radius 1 is 1.40 bits per heavy atom. The minimum Gasteiger partial charge on any atom is -0.351 e. The van der Waals surface area contributed by atoms with Crippen LogP contribution < -0.4 is 5.73 Å². The first-order valence-electron chi connectivity index (χ1n) is 7.12. The molecule has 108 valence electrons. The highest BCUT2D eigenvalue weighted by Gasteiger charge is 2.32. The zero-order valence-corrected chi connectivity index (χ0v) is 14.4. The summed E-state index contributed by atoms with van der Waals surface area (Å²) in [5.74, 6) is 0. The van der Waals surface area contributed by atoms with E-state index in [4.69, 9.17) is 5.73 Å². The number of hydrogen-bond acceptors (Lipinski definition) is 2. The second-order valence-corrected chi connectivity index (χ2v) is 9.07. The van der Waals surface area contributed by atoms with Gasteiger partial charge in [0.25, 0.3) is 0 Å². The standard InChI is InChI=1S/C16H21BrN2S/c1-16(2)9-13(18)12-6-8-19(14(12)10-16)7-5-11-3-4-15(17)20-11/h3-4,6,8,13H,5,7,9-10,18H2,1-2H3. The van der Waals surface area contributed by atoms with Crippen LogP contribution in [-0.2, 0) is 19.4 Å². The number of aryl methyl sites for hydroxylation is 2. The molecule has 0 saturated carbocycles. The molecule has 0 fully saturated rings. The quantitative estimate of drug-likeness (QED) is 0.864. The van der Waals surface area contributed by atoms with Crippen molar-refractivity contribution >= 4 is 27.3 Å². The Hall–Kier alpha value is -0.580. The highest BCUT2D eigenvalue weighted by atomic mass is 79.9. The van der Waals surface area contributed by atoms with Gasteiger partial charge < -0.3 is 10.3 Å². The predicted octanol–water partition coefficient (Wildman–Crippen LogP) is 4.53. The van der Waals surface area contributed by atoms with Gasteiger partial charge in [-0.15, -0.1) is 11.3 Å². The largest absolute Gasteiger partial charge is 0.351 e. The van der Waals surface area contributed by atoms with Crippen molar-refractivity contribution in [2.75, 3.05) is 0 Å². The van der Waals surface area contributed by atoms with Gasteiger partial charge in [-0.3, -0.25) is 0 Å². The van der Waals surface area contributed by atoms with Crippen LogP contribution in [0, 0.1) is 5.41 Å². The van der Waals surface area contributed by atoms with E-state index in [2.05, 4.69) is 58.7 Å². The summed E-state index contributed by atoms with van der Waals surface area (Å²) in [4.78, 5) is 1.43. The molecule has 2 N–H and O–H groups in total. The maximum absolute atomic E-state index is 6.33. The van der Waals surface area contributed by atoms with Crippen LogP contribution in [-0.4, -0.2) is 4.57 Å². The lowest BCUT2D eigenvalue weighted by atomic mass is 9.74.